The first-order valence-corrected chi connectivity index (χ1v) is 7.27. The molecule has 0 aliphatic carbocycles. The highest BCUT2D eigenvalue weighted by molar-refractivity contribution is 7.98. The Balaban J connectivity index is 1.80. The third-order valence-electron chi connectivity index (χ3n) is 2.93. The second-order valence-electron chi connectivity index (χ2n) is 4.28. The molecule has 3 rings (SSSR count). The van der Waals surface area contributed by atoms with Crippen molar-refractivity contribution in [1.29, 1.82) is 0 Å². The molecule has 3 aromatic rings. The van der Waals surface area contributed by atoms with E-state index in [-0.39, 0.29) is 0 Å². The smallest absolute Gasteiger partial charge is 0.119 e. The lowest BCUT2D eigenvalue weighted by atomic mass is 10.2. The summed E-state index contributed by atoms with van der Waals surface area (Å²) in [5.74, 6) is 1.07. The van der Waals surface area contributed by atoms with Gasteiger partial charge in [-0.3, -0.25) is 0 Å². The summed E-state index contributed by atoms with van der Waals surface area (Å²) in [6.07, 6.45) is 0. The minimum Gasteiger partial charge on any atom is -0.508 e. The monoisotopic (exact) mass is 289 g/mol. The minimum absolute atomic E-state index is 0.342. The number of aromatic hydroxyl groups is 1. The van der Waals surface area contributed by atoms with E-state index < -0.39 is 0 Å². The Morgan fingerprint density at radius 2 is 1.95 bits per heavy atom. The number of rotatable bonds is 3. The molecular formula is C15H12ClNOS. The molecule has 0 aliphatic heterocycles. The summed E-state index contributed by atoms with van der Waals surface area (Å²) < 4.78 is 0. The zero-order valence-electron chi connectivity index (χ0n) is 10.1. The molecular weight excluding hydrogens is 278 g/mol. The molecule has 2 aromatic carbocycles. The van der Waals surface area contributed by atoms with Crippen LogP contribution in [0, 0.1) is 0 Å². The van der Waals surface area contributed by atoms with Crippen molar-refractivity contribution in [2.24, 2.45) is 0 Å². The molecule has 96 valence electrons. The lowest BCUT2D eigenvalue weighted by molar-refractivity contribution is 0.470. The van der Waals surface area contributed by atoms with Crippen LogP contribution in [0.1, 0.15) is 5.56 Å². The van der Waals surface area contributed by atoms with Crippen LogP contribution in [-0.4, -0.2) is 10.1 Å². The number of benzene rings is 2. The Labute approximate surface area is 120 Å². The quantitative estimate of drug-likeness (QED) is 0.678. The van der Waals surface area contributed by atoms with Gasteiger partial charge in [-0.25, -0.2) is 0 Å². The Hall–Kier alpha value is -1.58. The van der Waals surface area contributed by atoms with Crippen LogP contribution < -0.4 is 0 Å². The summed E-state index contributed by atoms with van der Waals surface area (Å²) in [7, 11) is 0. The first kappa shape index (κ1) is 12.5. The number of aromatic amines is 1. The van der Waals surface area contributed by atoms with E-state index in [1.165, 1.54) is 0 Å². The molecule has 0 atom stereocenters. The molecule has 0 fully saturated rings. The van der Waals surface area contributed by atoms with Gasteiger partial charge in [-0.2, -0.15) is 0 Å². The Bertz CT molecular complexity index is 723. The molecule has 0 saturated heterocycles. The van der Waals surface area contributed by atoms with Gasteiger partial charge in [-0.1, -0.05) is 35.9 Å². The standard InChI is InChI=1S/C15H12ClNOS/c16-12-6-5-10-7-15(17-13(10)8-12)19-9-11-3-1-2-4-14(11)18/h1-8,17-18H,9H2. The summed E-state index contributed by atoms with van der Waals surface area (Å²) in [6, 6.07) is 15.3. The number of thioether (sulfide) groups is 1. The Morgan fingerprint density at radius 1 is 1.11 bits per heavy atom. The van der Waals surface area contributed by atoms with E-state index in [1.807, 2.05) is 36.4 Å². The second kappa shape index (κ2) is 5.19. The molecule has 19 heavy (non-hydrogen) atoms. The molecule has 0 saturated carbocycles. The van der Waals surface area contributed by atoms with Crippen molar-refractivity contribution in [3.63, 3.8) is 0 Å². The van der Waals surface area contributed by atoms with Gasteiger partial charge in [0.25, 0.3) is 0 Å². The normalized spacial score (nSPS) is 11.0. The summed E-state index contributed by atoms with van der Waals surface area (Å²) in [5.41, 5.74) is 1.97. The average Bonchev–Trinajstić information content (AvgIpc) is 2.79. The van der Waals surface area contributed by atoms with Crippen LogP contribution in [-0.2, 0) is 5.75 Å². The van der Waals surface area contributed by atoms with Crippen LogP contribution in [0.2, 0.25) is 5.02 Å². The average molecular weight is 290 g/mol. The number of halogens is 1. The fraction of sp³-hybridized carbons (Fsp3) is 0.0667. The van der Waals surface area contributed by atoms with Gasteiger partial charge in [0.1, 0.15) is 5.75 Å². The number of phenols is 1. The number of nitrogens with one attached hydrogen (secondary N) is 1. The number of hydrogen-bond donors (Lipinski definition) is 2. The minimum atomic E-state index is 0.342. The van der Waals surface area contributed by atoms with Gasteiger partial charge >= 0.3 is 0 Å². The van der Waals surface area contributed by atoms with Gasteiger partial charge in [0.2, 0.25) is 0 Å². The van der Waals surface area contributed by atoms with E-state index in [1.54, 1.807) is 17.8 Å². The molecule has 2 nitrogen and oxygen atoms in total. The van der Waals surface area contributed by atoms with Gasteiger partial charge in [-0.15, -0.1) is 11.8 Å². The number of hydrogen-bond acceptors (Lipinski definition) is 2. The molecule has 0 radical (unpaired) electrons. The maximum atomic E-state index is 9.72. The van der Waals surface area contributed by atoms with Crippen LogP contribution >= 0.6 is 23.4 Å². The predicted molar refractivity (Wildman–Crippen MR) is 81.0 cm³/mol. The first-order valence-electron chi connectivity index (χ1n) is 5.90. The number of para-hydroxylation sites is 1. The largest absolute Gasteiger partial charge is 0.508 e. The van der Waals surface area contributed by atoms with Crippen LogP contribution in [0.3, 0.4) is 0 Å². The van der Waals surface area contributed by atoms with Gasteiger partial charge in [-0.05, 0) is 24.3 Å². The van der Waals surface area contributed by atoms with Gasteiger partial charge in [0.15, 0.2) is 0 Å². The van der Waals surface area contributed by atoms with Crippen molar-refractivity contribution >= 4 is 34.3 Å². The summed E-state index contributed by atoms with van der Waals surface area (Å²) in [6.45, 7) is 0. The predicted octanol–water partition coefficient (Wildman–Crippen LogP) is 4.82. The van der Waals surface area contributed by atoms with Crippen LogP contribution in [0.5, 0.6) is 5.75 Å². The zero-order chi connectivity index (χ0) is 13.2. The van der Waals surface area contributed by atoms with Gasteiger partial charge < -0.3 is 10.1 Å². The van der Waals surface area contributed by atoms with Crippen LogP contribution in [0.4, 0.5) is 0 Å². The molecule has 1 heterocycles. The third kappa shape index (κ3) is 2.72. The molecule has 1 aromatic heterocycles. The first-order chi connectivity index (χ1) is 9.22. The van der Waals surface area contributed by atoms with E-state index >= 15 is 0 Å². The maximum absolute atomic E-state index is 9.72. The molecule has 0 spiro atoms. The number of aromatic nitrogens is 1. The van der Waals surface area contributed by atoms with Crippen molar-refractivity contribution in [2.75, 3.05) is 0 Å². The van der Waals surface area contributed by atoms with E-state index in [0.29, 0.717) is 5.75 Å². The highest BCUT2D eigenvalue weighted by Crippen LogP contribution is 2.29. The van der Waals surface area contributed by atoms with E-state index in [0.717, 1.165) is 32.3 Å². The van der Waals surface area contributed by atoms with E-state index in [2.05, 4.69) is 11.1 Å². The zero-order valence-corrected chi connectivity index (χ0v) is 11.6. The van der Waals surface area contributed by atoms with E-state index in [9.17, 15) is 5.11 Å². The highest BCUT2D eigenvalue weighted by Gasteiger charge is 2.04. The SMILES string of the molecule is Oc1ccccc1CSc1cc2ccc(Cl)cc2[nH]1. The van der Waals surface area contributed by atoms with E-state index in [4.69, 9.17) is 11.6 Å². The van der Waals surface area contributed by atoms with Gasteiger partial charge in [0.05, 0.1) is 5.03 Å². The molecule has 0 bridgehead atoms. The summed E-state index contributed by atoms with van der Waals surface area (Å²) in [5, 5.41) is 12.7. The molecule has 2 N–H and O–H groups in total. The maximum Gasteiger partial charge on any atom is 0.119 e. The summed E-state index contributed by atoms with van der Waals surface area (Å²) in [4.78, 5) is 3.32. The van der Waals surface area contributed by atoms with Crippen molar-refractivity contribution in [1.82, 2.24) is 4.98 Å². The second-order valence-corrected chi connectivity index (χ2v) is 5.74. The van der Waals surface area contributed by atoms with Crippen molar-refractivity contribution < 1.29 is 5.11 Å². The lowest BCUT2D eigenvalue weighted by Crippen LogP contribution is -1.81. The lowest BCUT2D eigenvalue weighted by Gasteiger charge is -2.02. The Morgan fingerprint density at radius 3 is 2.79 bits per heavy atom. The highest BCUT2D eigenvalue weighted by atomic mass is 35.5. The molecule has 0 unspecified atom stereocenters. The summed E-state index contributed by atoms with van der Waals surface area (Å²) >= 11 is 7.62. The van der Waals surface area contributed by atoms with Gasteiger partial charge in [0, 0.05) is 27.2 Å². The van der Waals surface area contributed by atoms with Crippen LogP contribution in [0.25, 0.3) is 10.9 Å². The third-order valence-corrected chi connectivity index (χ3v) is 4.16. The molecule has 0 amide bonds. The molecule has 0 aliphatic rings. The number of H-pyrrole nitrogens is 1. The number of phenolic OH excluding ortho intramolecular Hbond substituents is 1. The van der Waals surface area contributed by atoms with Crippen molar-refractivity contribution in [3.8, 4) is 5.75 Å². The van der Waals surface area contributed by atoms with Crippen molar-refractivity contribution in [3.05, 3.63) is 59.1 Å². The Kier molecular flexibility index (Phi) is 3.40. The van der Waals surface area contributed by atoms with Crippen LogP contribution in [0.15, 0.2) is 53.6 Å². The van der Waals surface area contributed by atoms with Crippen molar-refractivity contribution in [2.45, 2.75) is 10.8 Å². The molecule has 4 heteroatoms. The fourth-order valence-corrected chi connectivity index (χ4v) is 3.06. The number of fused-ring (bicyclic) bond motifs is 1. The topological polar surface area (TPSA) is 36.0 Å². The fourth-order valence-electron chi connectivity index (χ4n) is 1.94.